The highest BCUT2D eigenvalue weighted by atomic mass is 16.5. The molecule has 0 spiro atoms. The van der Waals surface area contributed by atoms with Gasteiger partial charge < -0.3 is 14.2 Å². The number of ether oxygens (including phenoxy) is 3. The van der Waals surface area contributed by atoms with Crippen LogP contribution in [0, 0.1) is 0 Å². The van der Waals surface area contributed by atoms with Crippen molar-refractivity contribution in [3.05, 3.63) is 78.1 Å². The van der Waals surface area contributed by atoms with E-state index in [2.05, 4.69) is 30.8 Å². The Morgan fingerprint density at radius 3 is 2.46 bits per heavy atom. The lowest BCUT2D eigenvalue weighted by Crippen LogP contribution is -2.13. The molecule has 2 rings (SSSR count). The van der Waals surface area contributed by atoms with Gasteiger partial charge in [-0.1, -0.05) is 49.0 Å². The van der Waals surface area contributed by atoms with E-state index in [0.29, 0.717) is 6.61 Å². The lowest BCUT2D eigenvalue weighted by Gasteiger charge is -2.16. The minimum absolute atomic E-state index is 0.117. The Balaban J connectivity index is 1.86. The molecule has 2 aromatic carbocycles. The molecule has 0 amide bonds. The van der Waals surface area contributed by atoms with Gasteiger partial charge in [0.25, 0.3) is 0 Å². The van der Waals surface area contributed by atoms with Gasteiger partial charge in [0.1, 0.15) is 12.4 Å². The Labute approximate surface area is 144 Å². The maximum Gasteiger partial charge on any atom is 0.120 e. The summed E-state index contributed by atoms with van der Waals surface area (Å²) in [6.07, 6.45) is 2.68. The first-order chi connectivity index (χ1) is 11.7. The topological polar surface area (TPSA) is 27.7 Å². The summed E-state index contributed by atoms with van der Waals surface area (Å²) in [5.74, 6) is 1.65. The van der Waals surface area contributed by atoms with E-state index in [1.54, 1.807) is 14.2 Å². The van der Waals surface area contributed by atoms with Gasteiger partial charge in [-0.25, -0.2) is 0 Å². The van der Waals surface area contributed by atoms with Gasteiger partial charge in [0, 0.05) is 13.5 Å². The lowest BCUT2D eigenvalue weighted by molar-refractivity contribution is 0.0821. The second kappa shape index (κ2) is 9.78. The van der Waals surface area contributed by atoms with E-state index >= 15 is 0 Å². The average molecular weight is 326 g/mol. The van der Waals surface area contributed by atoms with Crippen LogP contribution < -0.4 is 4.74 Å². The molecule has 0 aliphatic rings. The third-order valence-electron chi connectivity index (χ3n) is 3.98. The van der Waals surface area contributed by atoms with E-state index in [1.165, 1.54) is 11.1 Å². The highest BCUT2D eigenvalue weighted by Crippen LogP contribution is 2.19. The van der Waals surface area contributed by atoms with Gasteiger partial charge in [0.2, 0.25) is 0 Å². The van der Waals surface area contributed by atoms with Crippen molar-refractivity contribution in [3.8, 4) is 5.75 Å². The summed E-state index contributed by atoms with van der Waals surface area (Å²) in [6.45, 7) is 4.44. The van der Waals surface area contributed by atoms with Crippen molar-refractivity contribution in [3.63, 3.8) is 0 Å². The molecule has 2 aromatic rings. The molecule has 3 nitrogen and oxygen atoms in total. The summed E-state index contributed by atoms with van der Waals surface area (Å²) in [7, 11) is 3.37. The molecule has 1 unspecified atom stereocenters. The van der Waals surface area contributed by atoms with Gasteiger partial charge in [-0.3, -0.25) is 0 Å². The fraction of sp³-hybridized carbons (Fsp3) is 0.333. The number of rotatable bonds is 10. The molecule has 0 aliphatic heterocycles. The molecular formula is C21H26O3. The molecule has 0 saturated heterocycles. The van der Waals surface area contributed by atoms with Crippen molar-refractivity contribution < 1.29 is 14.2 Å². The quantitative estimate of drug-likeness (QED) is 0.589. The van der Waals surface area contributed by atoms with Gasteiger partial charge in [-0.2, -0.15) is 0 Å². The van der Waals surface area contributed by atoms with E-state index in [-0.39, 0.29) is 6.10 Å². The van der Waals surface area contributed by atoms with Crippen molar-refractivity contribution in [1.29, 1.82) is 0 Å². The first-order valence-electron chi connectivity index (χ1n) is 8.21. The van der Waals surface area contributed by atoms with E-state index < -0.39 is 0 Å². The Kier molecular flexibility index (Phi) is 7.37. The third-order valence-corrected chi connectivity index (χ3v) is 3.98. The smallest absolute Gasteiger partial charge is 0.120 e. The molecule has 1 atom stereocenters. The Bertz CT molecular complexity index is 622. The largest absolute Gasteiger partial charge is 0.502 e. The first kappa shape index (κ1) is 18.1. The highest BCUT2D eigenvalue weighted by molar-refractivity contribution is 5.29. The molecule has 3 heteroatoms. The summed E-state index contributed by atoms with van der Waals surface area (Å²) in [5.41, 5.74) is 2.41. The van der Waals surface area contributed by atoms with Crippen molar-refractivity contribution in [2.24, 2.45) is 0 Å². The minimum Gasteiger partial charge on any atom is -0.502 e. The van der Waals surface area contributed by atoms with Crippen molar-refractivity contribution >= 4 is 0 Å². The van der Waals surface area contributed by atoms with Crippen LogP contribution in [0.2, 0.25) is 0 Å². The van der Waals surface area contributed by atoms with Crippen molar-refractivity contribution in [2.75, 3.05) is 14.2 Å². The molecule has 0 radical (unpaired) electrons. The first-order valence-corrected chi connectivity index (χ1v) is 8.21. The van der Waals surface area contributed by atoms with E-state index in [0.717, 1.165) is 30.8 Å². The Morgan fingerprint density at radius 2 is 1.75 bits per heavy atom. The van der Waals surface area contributed by atoms with Crippen LogP contribution in [-0.2, 0) is 22.5 Å². The van der Waals surface area contributed by atoms with Crippen LogP contribution in [0.15, 0.2) is 66.9 Å². The van der Waals surface area contributed by atoms with Crippen LogP contribution in [-0.4, -0.2) is 20.3 Å². The van der Waals surface area contributed by atoms with Crippen LogP contribution in [0.5, 0.6) is 5.75 Å². The molecule has 0 fully saturated rings. The fourth-order valence-electron chi connectivity index (χ4n) is 2.50. The summed E-state index contributed by atoms with van der Waals surface area (Å²) < 4.78 is 16.5. The highest BCUT2D eigenvalue weighted by Gasteiger charge is 2.10. The summed E-state index contributed by atoms with van der Waals surface area (Å²) in [4.78, 5) is 0. The zero-order valence-electron chi connectivity index (χ0n) is 14.5. The van der Waals surface area contributed by atoms with E-state index in [9.17, 15) is 0 Å². The van der Waals surface area contributed by atoms with E-state index in [4.69, 9.17) is 14.2 Å². The predicted molar refractivity (Wildman–Crippen MR) is 97.1 cm³/mol. The zero-order valence-corrected chi connectivity index (χ0v) is 14.5. The third kappa shape index (κ3) is 6.09. The molecule has 0 bridgehead atoms. The van der Waals surface area contributed by atoms with Crippen LogP contribution >= 0.6 is 0 Å². The second-order valence-corrected chi connectivity index (χ2v) is 5.76. The molecule has 128 valence electrons. The van der Waals surface area contributed by atoms with Crippen LogP contribution in [0.25, 0.3) is 0 Å². The molecule has 24 heavy (non-hydrogen) atoms. The van der Waals surface area contributed by atoms with Crippen LogP contribution in [0.1, 0.15) is 24.0 Å². The number of methoxy groups -OCH3 is 2. The summed E-state index contributed by atoms with van der Waals surface area (Å²) in [5, 5.41) is 0. The van der Waals surface area contributed by atoms with Gasteiger partial charge in [0.15, 0.2) is 0 Å². The molecule has 0 aliphatic carbocycles. The molecule has 0 aromatic heterocycles. The fourth-order valence-corrected chi connectivity index (χ4v) is 2.50. The SMILES string of the molecule is C=C(CC(CCc1cccc(OCc2ccccc2)c1)OC)OC. The normalized spacial score (nSPS) is 11.8. The molecular weight excluding hydrogens is 300 g/mol. The number of hydrogen-bond acceptors (Lipinski definition) is 3. The summed E-state index contributed by atoms with van der Waals surface area (Å²) in [6, 6.07) is 18.4. The number of hydrogen-bond donors (Lipinski definition) is 0. The molecule has 0 saturated carbocycles. The van der Waals surface area contributed by atoms with Crippen molar-refractivity contribution in [2.45, 2.75) is 32.0 Å². The Hall–Kier alpha value is -2.26. The minimum atomic E-state index is 0.117. The Morgan fingerprint density at radius 1 is 1.00 bits per heavy atom. The average Bonchev–Trinajstić information content (AvgIpc) is 2.64. The zero-order chi connectivity index (χ0) is 17.2. The van der Waals surface area contributed by atoms with E-state index in [1.807, 2.05) is 30.3 Å². The van der Waals surface area contributed by atoms with Crippen molar-refractivity contribution in [1.82, 2.24) is 0 Å². The lowest BCUT2D eigenvalue weighted by atomic mass is 10.0. The molecule has 0 heterocycles. The van der Waals surface area contributed by atoms with Gasteiger partial charge >= 0.3 is 0 Å². The van der Waals surface area contributed by atoms with Crippen LogP contribution in [0.3, 0.4) is 0 Å². The van der Waals surface area contributed by atoms with Crippen LogP contribution in [0.4, 0.5) is 0 Å². The van der Waals surface area contributed by atoms with Gasteiger partial charge in [-0.15, -0.1) is 0 Å². The predicted octanol–water partition coefficient (Wildman–Crippen LogP) is 4.76. The van der Waals surface area contributed by atoms with Gasteiger partial charge in [-0.05, 0) is 36.1 Å². The maximum absolute atomic E-state index is 5.88. The maximum atomic E-state index is 5.88. The van der Waals surface area contributed by atoms with Gasteiger partial charge in [0.05, 0.1) is 19.0 Å². The second-order valence-electron chi connectivity index (χ2n) is 5.76. The number of aryl methyl sites for hydroxylation is 1. The monoisotopic (exact) mass is 326 g/mol. The molecule has 0 N–H and O–H groups in total. The number of benzene rings is 2. The summed E-state index contributed by atoms with van der Waals surface area (Å²) >= 11 is 0. The standard InChI is InChI=1S/C21H26O3/c1-17(22-2)14-20(23-3)13-12-18-10-7-11-21(15-18)24-16-19-8-5-4-6-9-19/h4-11,15,20H,1,12-14,16H2,2-3H3.